The van der Waals surface area contributed by atoms with Crippen LogP contribution in [-0.4, -0.2) is 63.9 Å². The highest BCUT2D eigenvalue weighted by Crippen LogP contribution is 2.30. The molecular weight excluding hydrogens is 536 g/mol. The first-order valence-electron chi connectivity index (χ1n) is 12.1. The molecule has 0 saturated carbocycles. The Morgan fingerprint density at radius 3 is 2.58 bits per heavy atom. The summed E-state index contributed by atoms with van der Waals surface area (Å²) in [6.07, 6.45) is 1.77. The lowest BCUT2D eigenvalue weighted by Gasteiger charge is -2.32. The highest BCUT2D eigenvalue weighted by Gasteiger charge is 2.38. The fourth-order valence-electron chi connectivity index (χ4n) is 3.79. The van der Waals surface area contributed by atoms with Crippen LogP contribution in [0.1, 0.15) is 38.2 Å². The van der Waals surface area contributed by atoms with Crippen molar-refractivity contribution in [2.45, 2.75) is 54.1 Å². The van der Waals surface area contributed by atoms with Crippen molar-refractivity contribution in [3.63, 3.8) is 0 Å². The number of carbonyl (C=O) groups is 1. The number of nitrogens with zero attached hydrogens (tertiary/aromatic N) is 2. The molecule has 38 heavy (non-hydrogen) atoms. The Labute approximate surface area is 226 Å². The molecule has 1 saturated heterocycles. The van der Waals surface area contributed by atoms with E-state index >= 15 is 4.39 Å². The summed E-state index contributed by atoms with van der Waals surface area (Å²) >= 11 is 1.38. The van der Waals surface area contributed by atoms with Gasteiger partial charge in [-0.1, -0.05) is 0 Å². The number of nitrogens with one attached hydrogen (secondary N) is 1. The molecule has 0 spiro atoms. The zero-order chi connectivity index (χ0) is 27.9. The highest BCUT2D eigenvalue weighted by molar-refractivity contribution is 7.99. The van der Waals surface area contributed by atoms with Crippen LogP contribution < -0.4 is 9.46 Å². The molecular formula is C26H31F2N3O5S2. The quantitative estimate of drug-likeness (QED) is 0.405. The topological polar surface area (TPSA) is 109 Å². The lowest BCUT2D eigenvalue weighted by molar-refractivity contribution is -0.148. The van der Waals surface area contributed by atoms with Crippen molar-refractivity contribution < 1.29 is 31.5 Å². The summed E-state index contributed by atoms with van der Waals surface area (Å²) in [4.78, 5) is 14.8. The van der Waals surface area contributed by atoms with Crippen molar-refractivity contribution in [1.29, 1.82) is 5.26 Å². The van der Waals surface area contributed by atoms with Crippen LogP contribution in [0.3, 0.4) is 0 Å². The van der Waals surface area contributed by atoms with Crippen molar-refractivity contribution in [2.24, 2.45) is 0 Å². The van der Waals surface area contributed by atoms with Gasteiger partial charge in [0.1, 0.15) is 23.6 Å². The van der Waals surface area contributed by atoms with Crippen LogP contribution in [0, 0.1) is 23.0 Å². The van der Waals surface area contributed by atoms with Gasteiger partial charge < -0.3 is 14.4 Å². The molecule has 2 aromatic rings. The van der Waals surface area contributed by atoms with Crippen LogP contribution in [0.15, 0.2) is 46.2 Å². The van der Waals surface area contributed by atoms with Gasteiger partial charge in [0.25, 0.3) is 15.9 Å². The second kappa shape index (κ2) is 12.9. The fraction of sp³-hybridized carbons (Fsp3) is 0.462. The highest BCUT2D eigenvalue weighted by atomic mass is 32.2. The van der Waals surface area contributed by atoms with E-state index in [2.05, 4.69) is 0 Å². The van der Waals surface area contributed by atoms with Gasteiger partial charge in [-0.15, -0.1) is 11.8 Å². The number of amides is 1. The first kappa shape index (κ1) is 29.8. The molecule has 0 aromatic heterocycles. The minimum atomic E-state index is -4.49. The van der Waals surface area contributed by atoms with Crippen molar-refractivity contribution in [3.05, 3.63) is 53.6 Å². The molecule has 2 aromatic carbocycles. The van der Waals surface area contributed by atoms with Gasteiger partial charge in [0.2, 0.25) is 0 Å². The Morgan fingerprint density at radius 1 is 1.26 bits per heavy atom. The zero-order valence-corrected chi connectivity index (χ0v) is 23.1. The minimum absolute atomic E-state index is 0.320. The van der Waals surface area contributed by atoms with E-state index in [0.717, 1.165) is 23.4 Å². The van der Waals surface area contributed by atoms with E-state index in [1.807, 2.05) is 23.7 Å². The molecule has 206 valence electrons. The van der Waals surface area contributed by atoms with E-state index in [4.69, 9.17) is 9.47 Å². The molecule has 0 bridgehead atoms. The van der Waals surface area contributed by atoms with Crippen molar-refractivity contribution in [3.8, 4) is 11.8 Å². The van der Waals surface area contributed by atoms with Crippen LogP contribution in [0.2, 0.25) is 0 Å². The Hall–Kier alpha value is -2.72. The molecule has 8 nitrogen and oxygen atoms in total. The van der Waals surface area contributed by atoms with E-state index < -0.39 is 38.3 Å². The lowest BCUT2D eigenvalue weighted by Crippen LogP contribution is -2.50. The molecule has 3 rings (SSSR count). The smallest absolute Gasteiger partial charge is 0.265 e. The standard InChI is InChI=1S/C26H31F2N3O5S2/c1-26(11-4-5-13-35-26)25(32)30-38(33,34)22-14-18(16-29)24(23(28)15-22)36-20(10-12-31(2)3)17-37-21-8-6-19(27)7-9-21/h6-9,14-15,20H,4-5,10-13,17H2,1-3H3,(H,30,32)/t20-,26-/m1/s1. The first-order valence-corrected chi connectivity index (χ1v) is 14.5. The van der Waals surface area contributed by atoms with Gasteiger partial charge in [0, 0.05) is 23.8 Å². The second-order valence-corrected chi connectivity index (χ2v) is 12.2. The second-order valence-electron chi connectivity index (χ2n) is 9.46. The maximum absolute atomic E-state index is 15.2. The van der Waals surface area contributed by atoms with Gasteiger partial charge >= 0.3 is 0 Å². The summed E-state index contributed by atoms with van der Waals surface area (Å²) in [6.45, 7) is 2.45. The summed E-state index contributed by atoms with van der Waals surface area (Å²) in [5, 5.41) is 9.68. The minimum Gasteiger partial charge on any atom is -0.485 e. The summed E-state index contributed by atoms with van der Waals surface area (Å²) < 4.78 is 67.6. The molecule has 1 fully saturated rings. The van der Waals surface area contributed by atoms with Gasteiger partial charge in [-0.2, -0.15) is 5.26 Å². The Bertz CT molecular complexity index is 1280. The summed E-state index contributed by atoms with van der Waals surface area (Å²) in [5.74, 6) is -2.25. The zero-order valence-electron chi connectivity index (χ0n) is 21.5. The van der Waals surface area contributed by atoms with E-state index in [-0.39, 0.29) is 17.1 Å². The lowest BCUT2D eigenvalue weighted by atomic mass is 9.95. The largest absolute Gasteiger partial charge is 0.485 e. The van der Waals surface area contributed by atoms with Crippen LogP contribution in [0.4, 0.5) is 8.78 Å². The molecule has 2 atom stereocenters. The Kier molecular flexibility index (Phi) is 10.1. The maximum atomic E-state index is 15.2. The van der Waals surface area contributed by atoms with Gasteiger partial charge in [0.05, 0.1) is 10.5 Å². The fourth-order valence-corrected chi connectivity index (χ4v) is 5.84. The molecule has 0 radical (unpaired) electrons. The first-order chi connectivity index (χ1) is 17.9. The number of ether oxygens (including phenoxy) is 2. The third-order valence-electron chi connectivity index (χ3n) is 6.06. The maximum Gasteiger partial charge on any atom is 0.265 e. The average molecular weight is 568 g/mol. The van der Waals surface area contributed by atoms with E-state index in [0.29, 0.717) is 38.2 Å². The number of sulfonamides is 1. The van der Waals surface area contributed by atoms with Crippen LogP contribution >= 0.6 is 11.8 Å². The Morgan fingerprint density at radius 2 is 1.97 bits per heavy atom. The third kappa shape index (κ3) is 7.89. The summed E-state index contributed by atoms with van der Waals surface area (Å²) in [6, 6.07) is 9.43. The van der Waals surface area contributed by atoms with Crippen molar-refractivity contribution >= 4 is 27.7 Å². The van der Waals surface area contributed by atoms with Crippen LogP contribution in [0.5, 0.6) is 5.75 Å². The molecule has 1 N–H and O–H groups in total. The van der Waals surface area contributed by atoms with Crippen molar-refractivity contribution in [1.82, 2.24) is 9.62 Å². The molecule has 0 aliphatic carbocycles. The predicted octanol–water partition coefficient (Wildman–Crippen LogP) is 4.09. The van der Waals surface area contributed by atoms with Crippen LogP contribution in [-0.2, 0) is 19.6 Å². The number of rotatable bonds is 11. The monoisotopic (exact) mass is 567 g/mol. The number of nitriles is 1. The van der Waals surface area contributed by atoms with Gasteiger partial charge in [-0.05, 0) is 83.1 Å². The molecule has 1 heterocycles. The molecule has 12 heteroatoms. The average Bonchev–Trinajstić information content (AvgIpc) is 2.87. The van der Waals surface area contributed by atoms with Crippen molar-refractivity contribution in [2.75, 3.05) is 33.0 Å². The van der Waals surface area contributed by atoms with E-state index in [9.17, 15) is 22.9 Å². The Balaban J connectivity index is 1.81. The number of halogens is 2. The molecule has 1 amide bonds. The number of carbonyl (C=O) groups excluding carboxylic acids is 1. The molecule has 1 aliphatic rings. The number of thioether (sulfide) groups is 1. The van der Waals surface area contributed by atoms with Gasteiger partial charge in [0.15, 0.2) is 11.6 Å². The van der Waals surface area contributed by atoms with E-state index in [1.165, 1.54) is 30.8 Å². The third-order valence-corrected chi connectivity index (χ3v) is 8.51. The normalized spacial score (nSPS) is 18.6. The number of hydrogen-bond donors (Lipinski definition) is 1. The van der Waals surface area contributed by atoms with E-state index in [1.54, 1.807) is 18.2 Å². The summed E-state index contributed by atoms with van der Waals surface area (Å²) in [7, 11) is -0.740. The SMILES string of the molecule is CN(C)CC[C@H](CSc1ccc(F)cc1)Oc1c(F)cc(S(=O)(=O)NC(=O)[C@@]2(C)CCCCO2)cc1C#N. The van der Waals surface area contributed by atoms with Gasteiger partial charge in [-0.3, -0.25) is 4.79 Å². The molecule has 0 unspecified atom stereocenters. The van der Waals surface area contributed by atoms with Crippen LogP contribution in [0.25, 0.3) is 0 Å². The number of hydrogen-bond acceptors (Lipinski definition) is 8. The summed E-state index contributed by atoms with van der Waals surface area (Å²) in [5.41, 5.74) is -1.63. The predicted molar refractivity (Wildman–Crippen MR) is 139 cm³/mol. The molecule has 1 aliphatic heterocycles. The van der Waals surface area contributed by atoms with Gasteiger partial charge in [-0.25, -0.2) is 21.9 Å². The number of benzene rings is 2.